The van der Waals surface area contributed by atoms with Gasteiger partial charge in [-0.2, -0.15) is 0 Å². The summed E-state index contributed by atoms with van der Waals surface area (Å²) in [6.07, 6.45) is 1.46. The van der Waals surface area contributed by atoms with Gasteiger partial charge >= 0.3 is 0 Å². The van der Waals surface area contributed by atoms with E-state index in [0.29, 0.717) is 27.8 Å². The SMILES string of the molecule is COc1ccc(NC(=O)c2cc(S(=O)(=O)NCc3ccco3)ccc2C)cc1Cl. The third-order valence-electron chi connectivity index (χ3n) is 4.19. The molecule has 0 unspecified atom stereocenters. The van der Waals surface area contributed by atoms with Gasteiger partial charge in [0.25, 0.3) is 5.91 Å². The predicted molar refractivity (Wildman–Crippen MR) is 110 cm³/mol. The molecule has 7 nitrogen and oxygen atoms in total. The Bertz CT molecular complexity index is 1130. The monoisotopic (exact) mass is 434 g/mol. The number of halogens is 1. The number of aryl methyl sites for hydroxylation is 1. The molecule has 3 rings (SSSR count). The molecule has 0 saturated carbocycles. The highest BCUT2D eigenvalue weighted by molar-refractivity contribution is 7.89. The topological polar surface area (TPSA) is 97.6 Å². The van der Waals surface area contributed by atoms with Crippen LogP contribution in [0.15, 0.2) is 64.1 Å². The lowest BCUT2D eigenvalue weighted by atomic mass is 10.1. The molecule has 2 aromatic carbocycles. The summed E-state index contributed by atoms with van der Waals surface area (Å²) in [4.78, 5) is 12.7. The number of sulfonamides is 1. The molecular formula is C20H19ClN2O5S. The minimum Gasteiger partial charge on any atom is -0.495 e. The van der Waals surface area contributed by atoms with E-state index < -0.39 is 15.9 Å². The van der Waals surface area contributed by atoms with Gasteiger partial charge in [-0.25, -0.2) is 13.1 Å². The number of hydrogen-bond acceptors (Lipinski definition) is 5. The standard InChI is InChI=1S/C20H19ClN2O5S/c1-13-5-7-16(29(25,26)22-12-15-4-3-9-28-15)11-17(13)20(24)23-14-6-8-19(27-2)18(21)10-14/h3-11,22H,12H2,1-2H3,(H,23,24). The van der Waals surface area contributed by atoms with Gasteiger partial charge in [0.1, 0.15) is 11.5 Å². The lowest BCUT2D eigenvalue weighted by Crippen LogP contribution is -2.24. The predicted octanol–water partition coefficient (Wildman–Crippen LogP) is 3.98. The number of anilines is 1. The van der Waals surface area contributed by atoms with Crippen molar-refractivity contribution in [2.75, 3.05) is 12.4 Å². The summed E-state index contributed by atoms with van der Waals surface area (Å²) in [5.41, 5.74) is 1.33. The fourth-order valence-corrected chi connectivity index (χ4v) is 3.89. The zero-order valence-electron chi connectivity index (χ0n) is 15.7. The zero-order valence-corrected chi connectivity index (χ0v) is 17.3. The summed E-state index contributed by atoms with van der Waals surface area (Å²) < 4.78 is 37.8. The highest BCUT2D eigenvalue weighted by Crippen LogP contribution is 2.27. The molecular weight excluding hydrogens is 416 g/mol. The lowest BCUT2D eigenvalue weighted by Gasteiger charge is -2.12. The molecule has 0 saturated heterocycles. The Labute approximate surface area is 173 Å². The molecule has 3 aromatic rings. The van der Waals surface area contributed by atoms with Crippen LogP contribution >= 0.6 is 11.6 Å². The fourth-order valence-electron chi connectivity index (χ4n) is 2.62. The third-order valence-corrected chi connectivity index (χ3v) is 5.88. The Balaban J connectivity index is 1.80. The number of nitrogens with one attached hydrogen (secondary N) is 2. The van der Waals surface area contributed by atoms with E-state index in [2.05, 4.69) is 10.0 Å². The molecule has 1 amide bonds. The first-order valence-corrected chi connectivity index (χ1v) is 10.4. The molecule has 0 bridgehead atoms. The van der Waals surface area contributed by atoms with Crippen LogP contribution in [0.4, 0.5) is 5.69 Å². The van der Waals surface area contributed by atoms with Crippen LogP contribution in [0, 0.1) is 6.92 Å². The van der Waals surface area contributed by atoms with Gasteiger partial charge in [-0.15, -0.1) is 0 Å². The van der Waals surface area contributed by atoms with Crippen molar-refractivity contribution in [3.63, 3.8) is 0 Å². The molecule has 29 heavy (non-hydrogen) atoms. The minimum atomic E-state index is -3.83. The lowest BCUT2D eigenvalue weighted by molar-refractivity contribution is 0.102. The van der Waals surface area contributed by atoms with Crippen LogP contribution in [0.3, 0.4) is 0 Å². The fraction of sp³-hybridized carbons (Fsp3) is 0.150. The summed E-state index contributed by atoms with van der Waals surface area (Å²) in [6.45, 7) is 1.73. The van der Waals surface area contributed by atoms with E-state index in [1.165, 1.54) is 25.5 Å². The number of rotatable bonds is 7. The molecule has 2 N–H and O–H groups in total. The van der Waals surface area contributed by atoms with Crippen molar-refractivity contribution in [3.05, 3.63) is 76.7 Å². The first-order chi connectivity index (χ1) is 13.8. The minimum absolute atomic E-state index is 0.00901. The summed E-state index contributed by atoms with van der Waals surface area (Å²) in [6, 6.07) is 12.5. The van der Waals surface area contributed by atoms with Crippen LogP contribution < -0.4 is 14.8 Å². The number of benzene rings is 2. The Morgan fingerprint density at radius 3 is 2.62 bits per heavy atom. The van der Waals surface area contributed by atoms with E-state index in [9.17, 15) is 13.2 Å². The van der Waals surface area contributed by atoms with Gasteiger partial charge in [-0.05, 0) is 55.0 Å². The Kier molecular flexibility index (Phi) is 6.26. The van der Waals surface area contributed by atoms with E-state index >= 15 is 0 Å². The number of hydrogen-bond donors (Lipinski definition) is 2. The van der Waals surface area contributed by atoms with Gasteiger partial charge in [0, 0.05) is 11.3 Å². The molecule has 0 atom stereocenters. The first kappa shape index (κ1) is 20.9. The highest BCUT2D eigenvalue weighted by Gasteiger charge is 2.19. The number of methoxy groups -OCH3 is 1. The normalized spacial score (nSPS) is 11.3. The van der Waals surface area contributed by atoms with Crippen LogP contribution in [0.1, 0.15) is 21.7 Å². The van der Waals surface area contributed by atoms with Crippen molar-refractivity contribution in [1.82, 2.24) is 4.72 Å². The molecule has 1 heterocycles. The van der Waals surface area contributed by atoms with Crippen LogP contribution in [0.2, 0.25) is 5.02 Å². The van der Waals surface area contributed by atoms with Gasteiger partial charge in [0.05, 0.1) is 29.8 Å². The number of carbonyl (C=O) groups excluding carboxylic acids is 1. The number of ether oxygens (including phenoxy) is 1. The van der Waals surface area contributed by atoms with Gasteiger partial charge in [0.2, 0.25) is 10.0 Å². The summed E-state index contributed by atoms with van der Waals surface area (Å²) in [7, 11) is -2.33. The van der Waals surface area contributed by atoms with Crippen LogP contribution in [0.5, 0.6) is 5.75 Å². The maximum atomic E-state index is 12.7. The van der Waals surface area contributed by atoms with E-state index in [-0.39, 0.29) is 17.0 Å². The molecule has 152 valence electrons. The smallest absolute Gasteiger partial charge is 0.255 e. The van der Waals surface area contributed by atoms with Gasteiger partial charge in [0.15, 0.2) is 0 Å². The van der Waals surface area contributed by atoms with Crippen molar-refractivity contribution in [2.24, 2.45) is 0 Å². The van der Waals surface area contributed by atoms with Crippen molar-refractivity contribution in [1.29, 1.82) is 0 Å². The Hall–Kier alpha value is -2.81. The Morgan fingerprint density at radius 2 is 1.97 bits per heavy atom. The molecule has 1 aromatic heterocycles. The third kappa shape index (κ3) is 4.97. The second-order valence-electron chi connectivity index (χ2n) is 6.18. The molecule has 0 aliphatic heterocycles. The van der Waals surface area contributed by atoms with E-state index in [1.807, 2.05) is 0 Å². The van der Waals surface area contributed by atoms with Crippen molar-refractivity contribution in [3.8, 4) is 5.75 Å². The summed E-state index contributed by atoms with van der Waals surface area (Å²) in [5.74, 6) is 0.512. The first-order valence-electron chi connectivity index (χ1n) is 8.58. The van der Waals surface area contributed by atoms with Gasteiger partial charge < -0.3 is 14.5 Å². The molecule has 9 heteroatoms. The second-order valence-corrected chi connectivity index (χ2v) is 8.36. The molecule has 0 spiro atoms. The van der Waals surface area contributed by atoms with E-state index in [1.54, 1.807) is 43.3 Å². The zero-order chi connectivity index (χ0) is 21.0. The summed E-state index contributed by atoms with van der Waals surface area (Å²) in [5, 5.41) is 3.06. The molecule has 0 fully saturated rings. The average molecular weight is 435 g/mol. The largest absolute Gasteiger partial charge is 0.495 e. The van der Waals surface area contributed by atoms with Crippen molar-refractivity contribution < 1.29 is 22.4 Å². The second kappa shape index (κ2) is 8.69. The van der Waals surface area contributed by atoms with Crippen LogP contribution in [-0.4, -0.2) is 21.4 Å². The van der Waals surface area contributed by atoms with Crippen molar-refractivity contribution >= 4 is 33.2 Å². The van der Waals surface area contributed by atoms with Gasteiger partial charge in [-0.1, -0.05) is 17.7 Å². The maximum absolute atomic E-state index is 12.7. The van der Waals surface area contributed by atoms with Crippen LogP contribution in [-0.2, 0) is 16.6 Å². The Morgan fingerprint density at radius 1 is 1.17 bits per heavy atom. The van der Waals surface area contributed by atoms with Gasteiger partial charge in [-0.3, -0.25) is 4.79 Å². The molecule has 0 aliphatic carbocycles. The molecule has 0 radical (unpaired) electrons. The molecule has 0 aliphatic rings. The average Bonchev–Trinajstić information content (AvgIpc) is 3.20. The number of furan rings is 1. The van der Waals surface area contributed by atoms with Crippen molar-refractivity contribution in [2.45, 2.75) is 18.4 Å². The quantitative estimate of drug-likeness (QED) is 0.586. The van der Waals surface area contributed by atoms with E-state index in [4.69, 9.17) is 20.8 Å². The highest BCUT2D eigenvalue weighted by atomic mass is 35.5. The number of amides is 1. The number of carbonyl (C=O) groups is 1. The van der Waals surface area contributed by atoms with E-state index in [0.717, 1.165) is 0 Å². The van der Waals surface area contributed by atoms with Crippen LogP contribution in [0.25, 0.3) is 0 Å². The summed E-state index contributed by atoms with van der Waals surface area (Å²) >= 11 is 6.08. The maximum Gasteiger partial charge on any atom is 0.255 e.